The Kier molecular flexibility index (Phi) is 9.28. The third-order valence-corrected chi connectivity index (χ3v) is 16.0. The van der Waals surface area contributed by atoms with E-state index in [0.717, 1.165) is 69.8 Å². The maximum Gasteiger partial charge on any atom is 0.323 e. The molecule has 6 aliphatic rings. The Morgan fingerprint density at radius 1 is 0.875 bits per heavy atom. The van der Waals surface area contributed by atoms with Gasteiger partial charge < -0.3 is 29.9 Å². The number of fused-ring (bicyclic) bond motifs is 7. The minimum absolute atomic E-state index is 0.0536. The van der Waals surface area contributed by atoms with Gasteiger partial charge >= 0.3 is 11.9 Å². The average Bonchev–Trinajstić information content (AvgIpc) is 3.42. The molecule has 0 aromatic rings. The number of esters is 1. The second-order valence-corrected chi connectivity index (χ2v) is 18.0. The van der Waals surface area contributed by atoms with E-state index in [1.807, 2.05) is 0 Å². The van der Waals surface area contributed by atoms with Gasteiger partial charge in [0.2, 0.25) is 0 Å². The smallest absolute Gasteiger partial charge is 0.323 e. The molecule has 6 fully saturated rings. The lowest BCUT2D eigenvalue weighted by molar-refractivity contribution is -0.305. The number of aliphatic carboxylic acids is 1. The van der Waals surface area contributed by atoms with Gasteiger partial charge in [0.25, 0.3) is 0 Å². The molecule has 0 aromatic heterocycles. The van der Waals surface area contributed by atoms with Crippen LogP contribution in [-0.2, 0) is 23.9 Å². The van der Waals surface area contributed by atoms with E-state index in [1.165, 1.54) is 12.2 Å². The van der Waals surface area contributed by atoms with E-state index < -0.39 is 41.9 Å². The predicted octanol–water partition coefficient (Wildman–Crippen LogP) is 4.94. The molecule has 10 heteroatoms. The van der Waals surface area contributed by atoms with Crippen LogP contribution in [0.2, 0.25) is 0 Å². The molecule has 0 bridgehead atoms. The number of hydrogen-bond acceptors (Lipinski definition) is 9. The zero-order valence-electron chi connectivity index (χ0n) is 30.2. The van der Waals surface area contributed by atoms with E-state index >= 15 is 0 Å². The van der Waals surface area contributed by atoms with E-state index in [2.05, 4.69) is 48.1 Å². The fourth-order valence-corrected chi connectivity index (χ4v) is 13.3. The molecule has 10 nitrogen and oxygen atoms in total. The van der Waals surface area contributed by atoms with Crippen molar-refractivity contribution in [3.63, 3.8) is 0 Å². The number of rotatable bonds is 7. The van der Waals surface area contributed by atoms with Crippen molar-refractivity contribution in [3.05, 3.63) is 12.2 Å². The lowest BCUT2D eigenvalue weighted by Crippen LogP contribution is -2.67. The van der Waals surface area contributed by atoms with E-state index in [4.69, 9.17) is 14.3 Å². The Balaban J connectivity index is 1.20. The maximum atomic E-state index is 13.4. The van der Waals surface area contributed by atoms with Gasteiger partial charge in [-0.25, -0.2) is 0 Å². The quantitative estimate of drug-likeness (QED) is 0.166. The minimum atomic E-state index is -1.45. The number of hydroxylamine groups is 2. The van der Waals surface area contributed by atoms with Crippen LogP contribution in [0.4, 0.5) is 0 Å². The highest BCUT2D eigenvalue weighted by Gasteiger charge is 2.72. The number of hydrogen-bond donors (Lipinski definition) is 4. The van der Waals surface area contributed by atoms with Crippen LogP contribution < -0.4 is 0 Å². The van der Waals surface area contributed by atoms with Gasteiger partial charge in [-0.2, -0.15) is 0 Å². The van der Waals surface area contributed by atoms with Gasteiger partial charge in [-0.1, -0.05) is 46.8 Å². The molecule has 1 aliphatic heterocycles. The number of carboxylic acids is 1. The van der Waals surface area contributed by atoms with E-state index in [0.29, 0.717) is 17.8 Å². The zero-order valence-corrected chi connectivity index (χ0v) is 30.2. The first-order chi connectivity index (χ1) is 22.4. The zero-order chi connectivity index (χ0) is 35.2. The van der Waals surface area contributed by atoms with Crippen molar-refractivity contribution in [2.75, 3.05) is 20.3 Å². The van der Waals surface area contributed by atoms with Crippen LogP contribution in [0.25, 0.3) is 0 Å². The fraction of sp³-hybridized carbons (Fsp3) is 0.895. The summed E-state index contributed by atoms with van der Waals surface area (Å²) in [6, 6.07) is 0. The summed E-state index contributed by atoms with van der Waals surface area (Å²) >= 11 is 0. The molecule has 0 amide bonds. The summed E-state index contributed by atoms with van der Waals surface area (Å²) in [5.74, 6) is 0.572. The van der Waals surface area contributed by atoms with Crippen molar-refractivity contribution < 1.29 is 44.3 Å². The van der Waals surface area contributed by atoms with Gasteiger partial charge in [0.1, 0.15) is 31.0 Å². The number of carbonyl (C=O) groups is 2. The lowest BCUT2D eigenvalue weighted by Gasteiger charge is -2.72. The largest absolute Gasteiger partial charge is 0.481 e. The second-order valence-electron chi connectivity index (χ2n) is 18.0. The summed E-state index contributed by atoms with van der Waals surface area (Å²) in [4.78, 5) is 31.7. The molecular formula is C38H61NO9. The van der Waals surface area contributed by atoms with Crippen molar-refractivity contribution >= 4 is 11.9 Å². The Hall–Kier alpha value is -1.56. The van der Waals surface area contributed by atoms with E-state index in [1.54, 1.807) is 0 Å². The molecule has 5 aliphatic carbocycles. The highest BCUT2D eigenvalue weighted by Crippen LogP contribution is 2.77. The monoisotopic (exact) mass is 675 g/mol. The molecule has 4 N–H and O–H groups in total. The average molecular weight is 676 g/mol. The van der Waals surface area contributed by atoms with Gasteiger partial charge in [0, 0.05) is 5.41 Å². The van der Waals surface area contributed by atoms with Crippen LogP contribution in [0.15, 0.2) is 12.2 Å². The Morgan fingerprint density at radius 2 is 1.58 bits per heavy atom. The number of carbonyl (C=O) groups excluding carboxylic acids is 1. The van der Waals surface area contributed by atoms with E-state index in [9.17, 15) is 30.0 Å². The fourth-order valence-electron chi connectivity index (χ4n) is 13.3. The number of aliphatic hydroxyl groups excluding tert-OH is 3. The molecule has 4 unspecified atom stereocenters. The second kappa shape index (κ2) is 12.3. The molecule has 0 radical (unpaired) electrons. The van der Waals surface area contributed by atoms with Crippen molar-refractivity contribution in [1.82, 2.24) is 5.06 Å². The molecule has 1 heterocycles. The molecule has 5 saturated carbocycles. The predicted molar refractivity (Wildman–Crippen MR) is 178 cm³/mol. The summed E-state index contributed by atoms with van der Waals surface area (Å²) in [6.07, 6.45) is 3.94. The summed E-state index contributed by atoms with van der Waals surface area (Å²) in [7, 11) is 1.37. The van der Waals surface area contributed by atoms with Crippen LogP contribution in [0.5, 0.6) is 0 Å². The highest BCUT2D eigenvalue weighted by molar-refractivity contribution is 5.76. The molecular weight excluding hydrogens is 614 g/mol. The van der Waals surface area contributed by atoms with Crippen molar-refractivity contribution in [2.45, 2.75) is 136 Å². The lowest BCUT2D eigenvalue weighted by atomic mass is 9.32. The first kappa shape index (κ1) is 36.2. The first-order valence-electron chi connectivity index (χ1n) is 18.4. The van der Waals surface area contributed by atoms with Crippen molar-refractivity contribution in [2.24, 2.45) is 56.7 Å². The highest BCUT2D eigenvalue weighted by atomic mass is 16.7. The van der Waals surface area contributed by atoms with Gasteiger partial charge in [-0.05, 0) is 117 Å². The Morgan fingerprint density at radius 3 is 2.23 bits per heavy atom. The Labute approximate surface area is 286 Å². The molecule has 6 rings (SSSR count). The van der Waals surface area contributed by atoms with Crippen LogP contribution in [0.3, 0.4) is 0 Å². The van der Waals surface area contributed by atoms with Gasteiger partial charge in [-0.15, -0.1) is 5.06 Å². The molecule has 0 aromatic carbocycles. The van der Waals surface area contributed by atoms with Crippen molar-refractivity contribution in [1.29, 1.82) is 0 Å². The third kappa shape index (κ3) is 5.08. The standard InChI is InChI=1S/C38H61NO9/c1-21(2)22-11-16-38(33(44)45)18-17-36(6)23(29(22)38)9-10-26-35(5)14-13-27(34(3,4)25(35)12-15-37(26,36)7)48-28(41)19-39(46-8)32-31(43)30(42)24(40)20-47-32/h22-27,29-32,40,42-43H,1,9-20H2,2-8H3,(H,44,45)/t22-,23+,24+,25?,26?,27-,29?,30-,31?,32+,35-,36+,37+,38-/m0/s1. The van der Waals surface area contributed by atoms with Gasteiger partial charge in [0.15, 0.2) is 6.23 Å². The van der Waals surface area contributed by atoms with Crippen LogP contribution in [-0.4, -0.2) is 88.3 Å². The topological polar surface area (TPSA) is 146 Å². The van der Waals surface area contributed by atoms with Crippen LogP contribution in [0.1, 0.15) is 106 Å². The molecule has 1 saturated heterocycles. The third-order valence-electron chi connectivity index (χ3n) is 16.0. The minimum Gasteiger partial charge on any atom is -0.481 e. The summed E-state index contributed by atoms with van der Waals surface area (Å²) in [5, 5.41) is 42.3. The first-order valence-corrected chi connectivity index (χ1v) is 18.4. The van der Waals surface area contributed by atoms with Crippen molar-refractivity contribution in [3.8, 4) is 0 Å². The number of aliphatic hydroxyl groups is 3. The summed E-state index contributed by atoms with van der Waals surface area (Å²) < 4.78 is 11.7. The number of carboxylic acid groups (broad SMARTS) is 1. The van der Waals surface area contributed by atoms with Crippen LogP contribution >= 0.6 is 0 Å². The molecule has 0 spiro atoms. The molecule has 48 heavy (non-hydrogen) atoms. The summed E-state index contributed by atoms with van der Waals surface area (Å²) in [6.45, 7) is 18.0. The van der Waals surface area contributed by atoms with Crippen LogP contribution in [0, 0.1) is 56.7 Å². The van der Waals surface area contributed by atoms with Gasteiger partial charge in [-0.3, -0.25) is 14.4 Å². The van der Waals surface area contributed by atoms with E-state index in [-0.39, 0.29) is 52.8 Å². The number of nitrogens with zero attached hydrogens (tertiary/aromatic N) is 1. The number of ether oxygens (including phenoxy) is 2. The van der Waals surface area contributed by atoms with Gasteiger partial charge in [0.05, 0.1) is 19.1 Å². The normalized spacial score (nSPS) is 49.6. The SMILES string of the molecule is C=C(C)[C@@H]1CC[C@]2(C(=O)O)CC[C@]3(C)[C@H](CCC4[C@@]5(C)CC[C@H](OC(=O)CN(OC)[C@@H]6OC[C@@H](O)[C@H](O)C6O)C(C)(C)C5CC[C@]43C)C12. The number of allylic oxidation sites excluding steroid dienone is 1. The Bertz CT molecular complexity index is 1290. The summed E-state index contributed by atoms with van der Waals surface area (Å²) in [5.41, 5.74) is 0.458. The molecule has 14 atom stereocenters. The maximum absolute atomic E-state index is 13.4. The molecule has 272 valence electrons.